The number of sulfone groups is 1. The summed E-state index contributed by atoms with van der Waals surface area (Å²) in [4.78, 5) is 12.7. The van der Waals surface area contributed by atoms with E-state index >= 15 is 0 Å². The van der Waals surface area contributed by atoms with Crippen molar-refractivity contribution in [2.45, 2.75) is 48.0 Å². The molecule has 0 radical (unpaired) electrons. The average Bonchev–Trinajstić information content (AvgIpc) is 3.60. The Balaban J connectivity index is 1.54. The van der Waals surface area contributed by atoms with Gasteiger partial charge in [0.15, 0.2) is 15.7 Å². The van der Waals surface area contributed by atoms with Gasteiger partial charge in [-0.2, -0.15) is 0 Å². The number of benzene rings is 3. The number of likely N-dealkylation sites (tertiary alicyclic amines) is 1. The number of rotatable bonds is 8. The molecule has 48 heavy (non-hydrogen) atoms. The molecule has 3 heterocycles. The second kappa shape index (κ2) is 12.0. The number of primary sulfonamides is 1. The number of nitrogens with two attached hydrogens (primary N) is 1. The lowest BCUT2D eigenvalue weighted by Crippen LogP contribution is -2.57. The van der Waals surface area contributed by atoms with Crippen molar-refractivity contribution in [1.82, 2.24) is 29.7 Å². The molecule has 252 valence electrons. The summed E-state index contributed by atoms with van der Waals surface area (Å²) in [5, 5.41) is 17.8. The number of carbonyl (C=O) groups is 1. The molecule has 2 N–H and O–H groups in total. The van der Waals surface area contributed by atoms with E-state index in [1.807, 2.05) is 54.2 Å². The van der Waals surface area contributed by atoms with Crippen LogP contribution in [-0.2, 0) is 38.2 Å². The number of hydrogen-bond donors (Lipinski definition) is 1. The fourth-order valence-corrected chi connectivity index (χ4v) is 9.00. The van der Waals surface area contributed by atoms with Crippen molar-refractivity contribution in [3.05, 3.63) is 72.4 Å². The Hall–Kier alpha value is -4.80. The molecule has 0 unspecified atom stereocenters. The third-order valence-electron chi connectivity index (χ3n) is 8.12. The first-order valence-corrected chi connectivity index (χ1v) is 18.0. The quantitative estimate of drug-likeness (QED) is 0.252. The van der Waals surface area contributed by atoms with E-state index in [1.54, 1.807) is 46.1 Å². The minimum Gasteiger partial charge on any atom is -0.497 e. The number of amides is 1. The SMILES string of the molecule is COc1ccc(Cn2nnnc2-c2c(-c3cccc4c3ccn4C)ccc(S(=O)(=O)C3CN(C(=O)OC(C)(C)C)C3)c2S(N)(=O)=O)cc1. The van der Waals surface area contributed by atoms with Gasteiger partial charge in [0.25, 0.3) is 0 Å². The van der Waals surface area contributed by atoms with Crippen LogP contribution in [0.5, 0.6) is 5.75 Å². The van der Waals surface area contributed by atoms with E-state index < -0.39 is 46.6 Å². The Labute approximate surface area is 278 Å². The molecule has 14 nitrogen and oxygen atoms in total. The van der Waals surface area contributed by atoms with E-state index in [0.29, 0.717) is 16.9 Å². The first-order valence-electron chi connectivity index (χ1n) is 14.9. The van der Waals surface area contributed by atoms with Crippen molar-refractivity contribution in [2.75, 3.05) is 20.2 Å². The van der Waals surface area contributed by atoms with Crippen molar-refractivity contribution in [1.29, 1.82) is 0 Å². The number of fused-ring (bicyclic) bond motifs is 1. The number of sulfonamides is 1. The molecule has 0 aliphatic carbocycles. The van der Waals surface area contributed by atoms with Gasteiger partial charge in [-0.1, -0.05) is 30.3 Å². The van der Waals surface area contributed by atoms with Gasteiger partial charge in [0.2, 0.25) is 10.0 Å². The van der Waals surface area contributed by atoms with Crippen molar-refractivity contribution < 1.29 is 31.1 Å². The van der Waals surface area contributed by atoms with Gasteiger partial charge in [-0.25, -0.2) is 31.5 Å². The van der Waals surface area contributed by atoms with Crippen LogP contribution in [0.4, 0.5) is 4.79 Å². The maximum atomic E-state index is 14.2. The number of aromatic nitrogens is 5. The molecule has 6 rings (SSSR count). The smallest absolute Gasteiger partial charge is 0.410 e. The van der Waals surface area contributed by atoms with Gasteiger partial charge < -0.3 is 18.9 Å². The number of carbonyl (C=O) groups excluding carboxylic acids is 1. The molecule has 16 heteroatoms. The Morgan fingerprint density at radius 2 is 1.69 bits per heavy atom. The maximum Gasteiger partial charge on any atom is 0.410 e. The van der Waals surface area contributed by atoms with Crippen molar-refractivity contribution in [3.63, 3.8) is 0 Å². The highest BCUT2D eigenvalue weighted by Gasteiger charge is 2.45. The summed E-state index contributed by atoms with van der Waals surface area (Å²) >= 11 is 0. The summed E-state index contributed by atoms with van der Waals surface area (Å²) in [5.41, 5.74) is 1.79. The molecular formula is C32H35N7O7S2. The molecule has 5 aromatic rings. The number of aryl methyl sites for hydroxylation is 1. The summed E-state index contributed by atoms with van der Waals surface area (Å²) in [6, 6.07) is 17.4. The van der Waals surface area contributed by atoms with E-state index in [1.165, 1.54) is 15.6 Å². The Kier molecular flexibility index (Phi) is 8.29. The van der Waals surface area contributed by atoms with Gasteiger partial charge in [0.05, 0.1) is 24.1 Å². The molecule has 3 aromatic carbocycles. The first kappa shape index (κ1) is 33.1. The molecular weight excluding hydrogens is 659 g/mol. The molecule has 1 amide bonds. The third-order valence-corrected chi connectivity index (χ3v) is 11.4. The maximum absolute atomic E-state index is 14.2. The molecule has 0 bridgehead atoms. The number of nitrogens with zero attached hydrogens (tertiary/aromatic N) is 6. The fraction of sp³-hybridized carbons (Fsp3) is 0.312. The second-order valence-corrected chi connectivity index (χ2v) is 16.3. The van der Waals surface area contributed by atoms with E-state index in [2.05, 4.69) is 15.5 Å². The average molecular weight is 694 g/mol. The predicted molar refractivity (Wildman–Crippen MR) is 177 cm³/mol. The molecule has 1 saturated heterocycles. The molecule has 0 atom stereocenters. The fourth-order valence-electron chi connectivity index (χ4n) is 5.74. The van der Waals surface area contributed by atoms with Gasteiger partial charge in [0.1, 0.15) is 21.5 Å². The second-order valence-electron chi connectivity index (χ2n) is 12.6. The monoisotopic (exact) mass is 693 g/mol. The predicted octanol–water partition coefficient (Wildman–Crippen LogP) is 3.60. The lowest BCUT2D eigenvalue weighted by molar-refractivity contribution is 0.0139. The van der Waals surface area contributed by atoms with Crippen molar-refractivity contribution in [2.24, 2.45) is 12.2 Å². The van der Waals surface area contributed by atoms with Gasteiger partial charge >= 0.3 is 6.09 Å². The molecule has 0 spiro atoms. The standard InChI is InChI=1S/C32H35N7O7S2/c1-32(2,3)46-31(40)38-18-22(19-38)47(41,42)27-14-13-25(23-7-6-8-26-24(23)15-16-37(26)4)28(29(27)48(33,43)44)30-34-35-36-39(30)17-20-9-11-21(45-5)12-10-20/h6-16,22H,17-19H2,1-5H3,(H2,33,43,44). The minimum absolute atomic E-state index is 0.00109. The van der Waals surface area contributed by atoms with Crippen LogP contribution in [0, 0.1) is 0 Å². The summed E-state index contributed by atoms with van der Waals surface area (Å²) in [6.07, 6.45) is 1.21. The highest BCUT2D eigenvalue weighted by atomic mass is 32.2. The van der Waals surface area contributed by atoms with Gasteiger partial charge in [-0.05, 0) is 78.2 Å². The van der Waals surface area contributed by atoms with Gasteiger partial charge in [-0.15, -0.1) is 5.10 Å². The number of tetrazole rings is 1. The Bertz CT molecular complexity index is 2250. The van der Waals surface area contributed by atoms with Crippen molar-refractivity contribution in [3.8, 4) is 28.3 Å². The number of ether oxygens (including phenoxy) is 2. The Morgan fingerprint density at radius 3 is 2.33 bits per heavy atom. The zero-order valence-electron chi connectivity index (χ0n) is 27.0. The molecule has 0 saturated carbocycles. The van der Waals surface area contributed by atoms with Crippen LogP contribution in [0.25, 0.3) is 33.4 Å². The molecule has 1 aliphatic rings. The van der Waals surface area contributed by atoms with Gasteiger partial charge in [-0.3, -0.25) is 0 Å². The third kappa shape index (κ3) is 6.13. The summed E-state index contributed by atoms with van der Waals surface area (Å²) < 4.78 is 69.5. The van der Waals surface area contributed by atoms with Gasteiger partial charge in [0, 0.05) is 37.2 Å². The lowest BCUT2D eigenvalue weighted by Gasteiger charge is -2.39. The minimum atomic E-state index is -4.74. The normalized spacial score (nSPS) is 14.2. The van der Waals surface area contributed by atoms with E-state index in [9.17, 15) is 21.6 Å². The number of hydrogen-bond acceptors (Lipinski definition) is 10. The van der Waals surface area contributed by atoms with Crippen LogP contribution >= 0.6 is 0 Å². The highest BCUT2D eigenvalue weighted by Crippen LogP contribution is 2.43. The van der Waals surface area contributed by atoms with Crippen LogP contribution < -0.4 is 9.88 Å². The zero-order valence-corrected chi connectivity index (χ0v) is 28.6. The zero-order chi connectivity index (χ0) is 34.6. The van der Waals surface area contributed by atoms with E-state index in [0.717, 1.165) is 16.5 Å². The van der Waals surface area contributed by atoms with E-state index in [-0.39, 0.29) is 31.0 Å². The summed E-state index contributed by atoms with van der Waals surface area (Å²) in [5.74, 6) is 0.642. The van der Waals surface area contributed by atoms with Crippen LogP contribution in [0.1, 0.15) is 26.3 Å². The topological polar surface area (TPSA) is 182 Å². The summed E-state index contributed by atoms with van der Waals surface area (Å²) in [7, 11) is -5.66. The highest BCUT2D eigenvalue weighted by molar-refractivity contribution is 7.94. The number of methoxy groups -OCH3 is 1. The molecule has 1 aliphatic heterocycles. The molecule has 1 fully saturated rings. The largest absolute Gasteiger partial charge is 0.497 e. The Morgan fingerprint density at radius 1 is 0.979 bits per heavy atom. The van der Waals surface area contributed by atoms with Crippen LogP contribution in [0.3, 0.4) is 0 Å². The lowest BCUT2D eigenvalue weighted by atomic mass is 9.96. The summed E-state index contributed by atoms with van der Waals surface area (Å²) in [6.45, 7) is 4.87. The van der Waals surface area contributed by atoms with Crippen molar-refractivity contribution >= 4 is 36.9 Å². The molecule has 2 aromatic heterocycles. The van der Waals surface area contributed by atoms with Crippen LogP contribution in [0.15, 0.2) is 76.7 Å². The first-order chi connectivity index (χ1) is 22.6. The van der Waals surface area contributed by atoms with Crippen LogP contribution in [-0.4, -0.2) is 83.7 Å². The van der Waals surface area contributed by atoms with E-state index in [4.69, 9.17) is 14.6 Å². The van der Waals surface area contributed by atoms with Crippen LogP contribution in [0.2, 0.25) is 0 Å².